The van der Waals surface area contributed by atoms with E-state index in [2.05, 4.69) is 44.8 Å². The van der Waals surface area contributed by atoms with E-state index < -0.39 is 0 Å². The number of nitrogens with one attached hydrogen (secondary N) is 1. The van der Waals surface area contributed by atoms with Crippen molar-refractivity contribution in [1.82, 2.24) is 10.2 Å². The van der Waals surface area contributed by atoms with Gasteiger partial charge in [0, 0.05) is 6.54 Å². The van der Waals surface area contributed by atoms with Gasteiger partial charge >= 0.3 is 0 Å². The minimum absolute atomic E-state index is 0.0515. The Morgan fingerprint density at radius 3 is 2.19 bits per heavy atom. The number of carbonyl (C=O) groups is 1. The van der Waals surface area contributed by atoms with Gasteiger partial charge in [0.05, 0.1) is 12.2 Å². The van der Waals surface area contributed by atoms with Crippen molar-refractivity contribution in [1.29, 1.82) is 0 Å². The van der Waals surface area contributed by atoms with Crippen LogP contribution in [0.5, 0.6) is 0 Å². The fourth-order valence-corrected chi connectivity index (χ4v) is 4.28. The van der Waals surface area contributed by atoms with Crippen LogP contribution in [0.15, 0.2) is 0 Å². The second-order valence-corrected chi connectivity index (χ2v) is 7.76. The second kappa shape index (κ2) is 7.13. The molecule has 1 amide bonds. The SMILES string of the molecule is CCC1NC(C2CCCC2)N(CC(C(C)C)C(C)C)C1=O. The molecule has 3 heteroatoms. The van der Waals surface area contributed by atoms with Crippen molar-refractivity contribution < 1.29 is 4.79 Å². The van der Waals surface area contributed by atoms with Gasteiger partial charge in [0.25, 0.3) is 0 Å². The van der Waals surface area contributed by atoms with E-state index in [0.717, 1.165) is 13.0 Å². The first kappa shape index (κ1) is 16.8. The number of rotatable bonds is 6. The summed E-state index contributed by atoms with van der Waals surface area (Å²) in [7, 11) is 0. The Labute approximate surface area is 130 Å². The summed E-state index contributed by atoms with van der Waals surface area (Å²) >= 11 is 0. The summed E-state index contributed by atoms with van der Waals surface area (Å²) in [5.74, 6) is 2.87. The molecular formula is C18H34N2O. The molecule has 0 aromatic rings. The monoisotopic (exact) mass is 294 g/mol. The van der Waals surface area contributed by atoms with Gasteiger partial charge in [0.1, 0.15) is 0 Å². The summed E-state index contributed by atoms with van der Waals surface area (Å²) < 4.78 is 0. The largest absolute Gasteiger partial charge is 0.325 e. The van der Waals surface area contributed by atoms with Crippen LogP contribution in [0.25, 0.3) is 0 Å². The minimum Gasteiger partial charge on any atom is -0.325 e. The van der Waals surface area contributed by atoms with Gasteiger partial charge in [-0.2, -0.15) is 0 Å². The molecule has 1 heterocycles. The first-order chi connectivity index (χ1) is 9.95. The summed E-state index contributed by atoms with van der Waals surface area (Å²) in [6.07, 6.45) is 6.44. The Bertz CT molecular complexity index is 339. The van der Waals surface area contributed by atoms with Crippen LogP contribution in [-0.4, -0.2) is 29.6 Å². The van der Waals surface area contributed by atoms with E-state index in [0.29, 0.717) is 35.7 Å². The molecule has 1 aliphatic heterocycles. The molecule has 0 aromatic heterocycles. The zero-order valence-corrected chi connectivity index (χ0v) is 14.6. The minimum atomic E-state index is 0.0515. The lowest BCUT2D eigenvalue weighted by molar-refractivity contribution is -0.131. The predicted octanol–water partition coefficient (Wildman–Crippen LogP) is 3.64. The lowest BCUT2D eigenvalue weighted by Gasteiger charge is -2.35. The Kier molecular flexibility index (Phi) is 5.70. The molecule has 0 aromatic carbocycles. The van der Waals surface area contributed by atoms with Crippen molar-refractivity contribution in [2.24, 2.45) is 23.7 Å². The van der Waals surface area contributed by atoms with Crippen LogP contribution >= 0.6 is 0 Å². The number of carbonyl (C=O) groups excluding carboxylic acids is 1. The van der Waals surface area contributed by atoms with E-state index in [9.17, 15) is 4.79 Å². The third-order valence-corrected chi connectivity index (χ3v) is 5.66. The van der Waals surface area contributed by atoms with Gasteiger partial charge in [0.15, 0.2) is 0 Å². The van der Waals surface area contributed by atoms with Crippen LogP contribution in [-0.2, 0) is 4.79 Å². The first-order valence-corrected chi connectivity index (χ1v) is 9.02. The van der Waals surface area contributed by atoms with Crippen LogP contribution in [0, 0.1) is 23.7 Å². The van der Waals surface area contributed by atoms with Gasteiger partial charge in [-0.25, -0.2) is 0 Å². The number of amides is 1. The third kappa shape index (κ3) is 3.61. The lowest BCUT2D eigenvalue weighted by atomic mass is 9.84. The van der Waals surface area contributed by atoms with E-state index >= 15 is 0 Å². The molecule has 1 saturated carbocycles. The van der Waals surface area contributed by atoms with Crippen molar-refractivity contribution >= 4 is 5.91 Å². The van der Waals surface area contributed by atoms with E-state index in [1.807, 2.05) is 0 Å². The van der Waals surface area contributed by atoms with Gasteiger partial charge in [-0.1, -0.05) is 47.5 Å². The average molecular weight is 294 g/mol. The van der Waals surface area contributed by atoms with Crippen LogP contribution in [0.2, 0.25) is 0 Å². The zero-order chi connectivity index (χ0) is 15.6. The number of hydrogen-bond acceptors (Lipinski definition) is 2. The van der Waals surface area contributed by atoms with E-state index in [1.54, 1.807) is 0 Å². The van der Waals surface area contributed by atoms with E-state index in [4.69, 9.17) is 0 Å². The molecule has 0 bridgehead atoms. The highest BCUT2D eigenvalue weighted by atomic mass is 16.2. The molecule has 3 nitrogen and oxygen atoms in total. The molecule has 0 spiro atoms. The van der Waals surface area contributed by atoms with Crippen molar-refractivity contribution in [3.05, 3.63) is 0 Å². The van der Waals surface area contributed by atoms with Crippen LogP contribution < -0.4 is 5.32 Å². The molecule has 122 valence electrons. The van der Waals surface area contributed by atoms with Crippen LogP contribution in [0.4, 0.5) is 0 Å². The maximum atomic E-state index is 12.7. The molecule has 2 rings (SSSR count). The molecule has 1 N–H and O–H groups in total. The standard InChI is InChI=1S/C18H34N2O/c1-6-16-18(21)20(11-15(12(2)3)13(4)5)17(19-16)14-9-7-8-10-14/h12-17,19H,6-11H2,1-5H3. The summed E-state index contributed by atoms with van der Waals surface area (Å²) in [4.78, 5) is 15.0. The van der Waals surface area contributed by atoms with E-state index in [-0.39, 0.29) is 6.04 Å². The van der Waals surface area contributed by atoms with E-state index in [1.165, 1.54) is 25.7 Å². The third-order valence-electron chi connectivity index (χ3n) is 5.66. The van der Waals surface area contributed by atoms with Gasteiger partial charge in [0.2, 0.25) is 5.91 Å². The van der Waals surface area contributed by atoms with Crippen LogP contribution in [0.3, 0.4) is 0 Å². The summed E-state index contributed by atoms with van der Waals surface area (Å²) in [5, 5.41) is 3.64. The van der Waals surface area contributed by atoms with Crippen molar-refractivity contribution in [3.63, 3.8) is 0 Å². The van der Waals surface area contributed by atoms with Gasteiger partial charge in [-0.05, 0) is 42.9 Å². The lowest BCUT2D eigenvalue weighted by Crippen LogP contribution is -2.46. The molecule has 2 aliphatic rings. The van der Waals surface area contributed by atoms with Crippen LogP contribution in [0.1, 0.15) is 66.7 Å². The molecular weight excluding hydrogens is 260 g/mol. The van der Waals surface area contributed by atoms with Gasteiger partial charge in [-0.15, -0.1) is 0 Å². The molecule has 1 aliphatic carbocycles. The maximum Gasteiger partial charge on any atom is 0.241 e. The average Bonchev–Trinajstić information content (AvgIpc) is 3.03. The Morgan fingerprint density at radius 2 is 1.71 bits per heavy atom. The fraction of sp³-hybridized carbons (Fsp3) is 0.944. The molecule has 1 saturated heterocycles. The number of nitrogens with zero attached hydrogens (tertiary/aromatic N) is 1. The highest BCUT2D eigenvalue weighted by Gasteiger charge is 2.43. The smallest absolute Gasteiger partial charge is 0.241 e. The Balaban J connectivity index is 2.13. The van der Waals surface area contributed by atoms with Crippen molar-refractivity contribution in [3.8, 4) is 0 Å². The van der Waals surface area contributed by atoms with Gasteiger partial charge < -0.3 is 4.90 Å². The zero-order valence-electron chi connectivity index (χ0n) is 14.6. The Hall–Kier alpha value is -0.570. The molecule has 2 atom stereocenters. The second-order valence-electron chi connectivity index (χ2n) is 7.76. The number of hydrogen-bond donors (Lipinski definition) is 1. The highest BCUT2D eigenvalue weighted by molar-refractivity contribution is 5.84. The normalized spacial score (nSPS) is 27.8. The predicted molar refractivity (Wildman–Crippen MR) is 87.8 cm³/mol. The molecule has 2 unspecified atom stereocenters. The highest BCUT2D eigenvalue weighted by Crippen LogP contribution is 2.34. The summed E-state index contributed by atoms with van der Waals surface area (Å²) in [6, 6.07) is 0.0515. The summed E-state index contributed by atoms with van der Waals surface area (Å²) in [6.45, 7) is 12.2. The quantitative estimate of drug-likeness (QED) is 0.811. The fourth-order valence-electron chi connectivity index (χ4n) is 4.28. The molecule has 21 heavy (non-hydrogen) atoms. The Morgan fingerprint density at radius 1 is 1.14 bits per heavy atom. The van der Waals surface area contributed by atoms with Gasteiger partial charge in [-0.3, -0.25) is 10.1 Å². The van der Waals surface area contributed by atoms with Crippen molar-refractivity contribution in [2.45, 2.75) is 78.9 Å². The molecule has 0 radical (unpaired) electrons. The molecule has 2 fully saturated rings. The van der Waals surface area contributed by atoms with Crippen molar-refractivity contribution in [2.75, 3.05) is 6.54 Å². The maximum absolute atomic E-state index is 12.7. The topological polar surface area (TPSA) is 32.3 Å². The summed E-state index contributed by atoms with van der Waals surface area (Å²) in [5.41, 5.74) is 0. The first-order valence-electron chi connectivity index (χ1n) is 9.02.